The molecule has 0 radical (unpaired) electrons. The van der Waals surface area contributed by atoms with E-state index in [2.05, 4.69) is 0 Å². The van der Waals surface area contributed by atoms with Crippen LogP contribution < -0.4 is 18.9 Å². The molecule has 0 saturated carbocycles. The molecule has 0 aliphatic carbocycles. The lowest BCUT2D eigenvalue weighted by Crippen LogP contribution is -2.29. The van der Waals surface area contributed by atoms with Crippen LogP contribution in [0, 0.1) is 11.8 Å². The highest BCUT2D eigenvalue weighted by atomic mass is 16.6. The minimum Gasteiger partial charge on any atom is -0.493 e. The first-order valence-corrected chi connectivity index (χ1v) is 12.0. The largest absolute Gasteiger partial charge is 0.493 e. The van der Waals surface area contributed by atoms with Gasteiger partial charge in [-0.25, -0.2) is 0 Å². The molecule has 2 rings (SSSR count). The van der Waals surface area contributed by atoms with Crippen molar-refractivity contribution in [2.45, 2.75) is 40.5 Å². The van der Waals surface area contributed by atoms with Crippen LogP contribution in [0.5, 0.6) is 23.0 Å². The molecule has 0 aliphatic rings. The summed E-state index contributed by atoms with van der Waals surface area (Å²) < 4.78 is 31.9. The fraction of sp³-hybridized carbons (Fsp3) is 0.429. The summed E-state index contributed by atoms with van der Waals surface area (Å²) in [6.45, 7) is 5.42. The van der Waals surface area contributed by atoms with Crippen LogP contribution in [0.15, 0.2) is 36.4 Å². The first kappa shape index (κ1) is 30.1. The van der Waals surface area contributed by atoms with Crippen LogP contribution in [-0.2, 0) is 41.5 Å². The molecule has 0 spiro atoms. The Labute approximate surface area is 222 Å². The number of ether oxygens (including phenoxy) is 6. The van der Waals surface area contributed by atoms with E-state index in [9.17, 15) is 19.2 Å². The molecule has 0 aliphatic heterocycles. The monoisotopic (exact) mass is 530 g/mol. The molecule has 38 heavy (non-hydrogen) atoms. The Hall–Kier alpha value is -4.08. The minimum atomic E-state index is -0.472. The molecule has 0 bridgehead atoms. The van der Waals surface area contributed by atoms with E-state index in [4.69, 9.17) is 28.4 Å². The van der Waals surface area contributed by atoms with E-state index >= 15 is 0 Å². The minimum absolute atomic E-state index is 0.0813. The van der Waals surface area contributed by atoms with Crippen molar-refractivity contribution in [3.8, 4) is 23.0 Å². The Balaban J connectivity index is 2.40. The van der Waals surface area contributed by atoms with Crippen LogP contribution >= 0.6 is 0 Å². The second-order valence-electron chi connectivity index (χ2n) is 8.69. The first-order valence-electron chi connectivity index (χ1n) is 12.0. The van der Waals surface area contributed by atoms with Gasteiger partial charge in [-0.3, -0.25) is 19.2 Å². The highest BCUT2D eigenvalue weighted by molar-refractivity contribution is 5.71. The van der Waals surface area contributed by atoms with Gasteiger partial charge in [-0.2, -0.15) is 0 Å². The van der Waals surface area contributed by atoms with Gasteiger partial charge < -0.3 is 28.4 Å². The maximum Gasteiger partial charge on any atom is 0.308 e. The molecule has 0 heterocycles. The summed E-state index contributed by atoms with van der Waals surface area (Å²) in [5, 5.41) is 0. The summed E-state index contributed by atoms with van der Waals surface area (Å²) in [6.07, 6.45) is 0.886. The van der Waals surface area contributed by atoms with Crippen molar-refractivity contribution in [2.75, 3.05) is 27.4 Å². The number of hydrogen-bond donors (Lipinski definition) is 0. The van der Waals surface area contributed by atoms with Gasteiger partial charge in [-0.1, -0.05) is 12.1 Å². The Bertz CT molecular complexity index is 1050. The Morgan fingerprint density at radius 2 is 0.947 bits per heavy atom. The number of methoxy groups -OCH3 is 2. The highest BCUT2D eigenvalue weighted by Gasteiger charge is 2.26. The predicted molar refractivity (Wildman–Crippen MR) is 136 cm³/mol. The van der Waals surface area contributed by atoms with Gasteiger partial charge in [0.1, 0.15) is 0 Å². The van der Waals surface area contributed by atoms with Gasteiger partial charge in [-0.05, 0) is 48.2 Å². The zero-order valence-corrected chi connectivity index (χ0v) is 22.5. The van der Waals surface area contributed by atoms with Gasteiger partial charge in [0.2, 0.25) is 0 Å². The van der Waals surface area contributed by atoms with Crippen molar-refractivity contribution in [2.24, 2.45) is 11.8 Å². The van der Waals surface area contributed by atoms with Crippen molar-refractivity contribution in [3.05, 3.63) is 47.5 Å². The lowest BCUT2D eigenvalue weighted by atomic mass is 9.83. The van der Waals surface area contributed by atoms with Gasteiger partial charge in [0.25, 0.3) is 0 Å². The highest BCUT2D eigenvalue weighted by Crippen LogP contribution is 2.33. The SMILES string of the molecule is COc1cc(C[C@@H](COC(C)=O)[C@@H](COC(C)=O)Cc2ccc(OC(C)=O)c(OC)c2)ccc1OC(C)=O. The summed E-state index contributed by atoms with van der Waals surface area (Å²) in [5.74, 6) is -0.997. The smallest absolute Gasteiger partial charge is 0.308 e. The fourth-order valence-corrected chi connectivity index (χ4v) is 3.93. The molecule has 0 unspecified atom stereocenters. The zero-order valence-electron chi connectivity index (χ0n) is 22.5. The van der Waals surface area contributed by atoms with Crippen LogP contribution in [0.4, 0.5) is 0 Å². The number of carbonyl (C=O) groups excluding carboxylic acids is 4. The van der Waals surface area contributed by atoms with Crippen molar-refractivity contribution < 1.29 is 47.6 Å². The van der Waals surface area contributed by atoms with E-state index in [1.165, 1.54) is 41.9 Å². The topological polar surface area (TPSA) is 124 Å². The molecular formula is C28H34O10. The van der Waals surface area contributed by atoms with E-state index in [-0.39, 0.29) is 36.5 Å². The number of esters is 4. The van der Waals surface area contributed by atoms with Gasteiger partial charge in [0, 0.05) is 39.5 Å². The van der Waals surface area contributed by atoms with Crippen LogP contribution in [0.25, 0.3) is 0 Å². The van der Waals surface area contributed by atoms with Crippen LogP contribution in [0.3, 0.4) is 0 Å². The summed E-state index contributed by atoms with van der Waals surface area (Å²) in [6, 6.07) is 10.4. The lowest BCUT2D eigenvalue weighted by Gasteiger charge is -2.27. The van der Waals surface area contributed by atoms with Gasteiger partial charge in [0.05, 0.1) is 27.4 Å². The lowest BCUT2D eigenvalue weighted by molar-refractivity contribution is -0.147. The molecule has 0 N–H and O–H groups in total. The predicted octanol–water partition coefficient (Wildman–Crippen LogP) is 3.70. The van der Waals surface area contributed by atoms with Crippen LogP contribution in [0.1, 0.15) is 38.8 Å². The molecule has 2 aromatic carbocycles. The maximum absolute atomic E-state index is 11.7. The molecule has 0 amide bonds. The zero-order chi connectivity index (χ0) is 28.2. The van der Waals surface area contributed by atoms with Crippen molar-refractivity contribution in [1.82, 2.24) is 0 Å². The second kappa shape index (κ2) is 14.6. The maximum atomic E-state index is 11.7. The normalized spacial score (nSPS) is 12.1. The third kappa shape index (κ3) is 9.76. The Morgan fingerprint density at radius 3 is 1.24 bits per heavy atom. The van der Waals surface area contributed by atoms with Gasteiger partial charge in [0.15, 0.2) is 23.0 Å². The average molecular weight is 531 g/mol. The summed E-state index contributed by atoms with van der Waals surface area (Å²) in [4.78, 5) is 46.1. The fourth-order valence-electron chi connectivity index (χ4n) is 3.93. The molecule has 0 saturated heterocycles. The molecule has 10 nitrogen and oxygen atoms in total. The van der Waals surface area contributed by atoms with E-state index in [0.29, 0.717) is 24.3 Å². The van der Waals surface area contributed by atoms with Gasteiger partial charge in [-0.15, -0.1) is 0 Å². The molecule has 0 fully saturated rings. The molecule has 2 aromatic rings. The quantitative estimate of drug-likeness (QED) is 0.280. The Morgan fingerprint density at radius 1 is 0.579 bits per heavy atom. The van der Waals surface area contributed by atoms with E-state index in [1.54, 1.807) is 36.4 Å². The summed E-state index contributed by atoms with van der Waals surface area (Å²) in [7, 11) is 2.94. The third-order valence-electron chi connectivity index (χ3n) is 5.63. The van der Waals surface area contributed by atoms with E-state index in [1.807, 2.05) is 0 Å². The first-order chi connectivity index (χ1) is 18.0. The number of rotatable bonds is 13. The number of benzene rings is 2. The van der Waals surface area contributed by atoms with Crippen molar-refractivity contribution >= 4 is 23.9 Å². The number of carbonyl (C=O) groups is 4. The van der Waals surface area contributed by atoms with Crippen molar-refractivity contribution in [1.29, 1.82) is 0 Å². The number of hydrogen-bond acceptors (Lipinski definition) is 10. The van der Waals surface area contributed by atoms with E-state index in [0.717, 1.165) is 11.1 Å². The average Bonchev–Trinajstić information content (AvgIpc) is 2.85. The van der Waals surface area contributed by atoms with Gasteiger partial charge >= 0.3 is 23.9 Å². The van der Waals surface area contributed by atoms with E-state index < -0.39 is 23.9 Å². The Kier molecular flexibility index (Phi) is 11.6. The van der Waals surface area contributed by atoms with Crippen LogP contribution in [-0.4, -0.2) is 51.3 Å². The summed E-state index contributed by atoms with van der Waals surface area (Å²) >= 11 is 0. The summed E-state index contributed by atoms with van der Waals surface area (Å²) in [5.41, 5.74) is 1.68. The molecule has 206 valence electrons. The van der Waals surface area contributed by atoms with Crippen LogP contribution in [0.2, 0.25) is 0 Å². The van der Waals surface area contributed by atoms with Crippen molar-refractivity contribution in [3.63, 3.8) is 0 Å². The second-order valence-corrected chi connectivity index (χ2v) is 8.69. The molecule has 0 aromatic heterocycles. The molecule has 10 heteroatoms. The third-order valence-corrected chi connectivity index (χ3v) is 5.63. The molecule has 2 atom stereocenters. The molecular weight excluding hydrogens is 496 g/mol. The standard InChI is InChI=1S/C28H34O10/c1-17(29)35-15-23(11-21-7-9-25(37-19(3)31)27(13-21)33-5)24(16-36-18(2)30)12-22-8-10-26(38-20(4)32)28(14-22)34-6/h7-10,13-14,23-24H,11-12,15-16H2,1-6H3/t23-,24+.